The van der Waals surface area contributed by atoms with E-state index in [0.29, 0.717) is 43.8 Å². The number of fused-ring (bicyclic) bond motifs is 4. The highest BCUT2D eigenvalue weighted by Crippen LogP contribution is 2.52. The Morgan fingerprint density at radius 1 is 0.703 bits per heavy atom. The summed E-state index contributed by atoms with van der Waals surface area (Å²) in [6, 6.07) is 14.9. The first kappa shape index (κ1) is 47.3. The largest absolute Gasteiger partial charge is 0.416 e. The number of pyridine rings is 1. The monoisotopic (exact) mass is 923 g/mol. The molecule has 2 bridgehead atoms. The van der Waals surface area contributed by atoms with Crippen molar-refractivity contribution in [1.29, 1.82) is 0 Å². The van der Waals surface area contributed by atoms with Gasteiger partial charge in [-0.25, -0.2) is 0 Å². The highest BCUT2D eigenvalue weighted by atomic mass is 28.4. The molecule has 4 heterocycles. The molecule has 3 aliphatic heterocycles. The average Bonchev–Trinajstić information content (AvgIpc) is 3.20. The summed E-state index contributed by atoms with van der Waals surface area (Å²) in [5.41, 5.74) is -6.31. The first-order valence-electron chi connectivity index (χ1n) is 20.7. The van der Waals surface area contributed by atoms with Crippen LogP contribution in [0.15, 0.2) is 104 Å². The van der Waals surface area contributed by atoms with E-state index in [4.69, 9.17) is 4.43 Å². The molecule has 16 heteroatoms. The quantitative estimate of drug-likeness (QED) is 0.0636. The highest BCUT2D eigenvalue weighted by Gasteiger charge is 2.56. The number of piperidine rings is 3. The lowest BCUT2D eigenvalue weighted by atomic mass is 9.71. The second-order valence-corrected chi connectivity index (χ2v) is 23.5. The van der Waals surface area contributed by atoms with Crippen LogP contribution in [-0.4, -0.2) is 36.9 Å². The second kappa shape index (κ2) is 16.3. The van der Waals surface area contributed by atoms with E-state index in [-0.39, 0.29) is 62.8 Å². The third-order valence-electron chi connectivity index (χ3n) is 13.6. The van der Waals surface area contributed by atoms with Gasteiger partial charge >= 0.3 is 24.7 Å². The Morgan fingerprint density at radius 2 is 1.19 bits per heavy atom. The van der Waals surface area contributed by atoms with Crippen molar-refractivity contribution in [3.63, 3.8) is 0 Å². The van der Waals surface area contributed by atoms with Gasteiger partial charge in [-0.15, -0.1) is 6.58 Å². The molecule has 5 atom stereocenters. The predicted octanol–water partition coefficient (Wildman–Crippen LogP) is 15.3. The van der Waals surface area contributed by atoms with E-state index >= 15 is 0 Å². The molecule has 64 heavy (non-hydrogen) atoms. The molecule has 3 aliphatic rings. The SMILES string of the molecule is C=C[C@H]1C[N@+]2(Cc3cc(-c4cc(C(F)(F)F)cc(C(F)(F)F)c4)cc(-c4cc(C(F)(F)F)cc(C(F)(F)F)c4)c3)CC[C@H]1C[C@@H]2[C@H](O[Si](C)(C)C(C)(C)C)c1ccnc2ccccc12. The smallest absolute Gasteiger partial charge is 0.404 e. The van der Waals surface area contributed by atoms with E-state index in [1.54, 1.807) is 6.20 Å². The number of quaternary nitrogens is 1. The van der Waals surface area contributed by atoms with Crippen molar-refractivity contribution in [3.8, 4) is 22.3 Å². The fourth-order valence-corrected chi connectivity index (χ4v) is 10.6. The molecule has 0 saturated carbocycles. The maximum Gasteiger partial charge on any atom is 0.416 e. The van der Waals surface area contributed by atoms with Gasteiger partial charge in [0.05, 0.1) is 40.9 Å². The molecule has 0 unspecified atom stereocenters. The molecule has 0 amide bonds. The summed E-state index contributed by atoms with van der Waals surface area (Å²) in [4.78, 5) is 4.59. The summed E-state index contributed by atoms with van der Waals surface area (Å²) in [6.07, 6.45) is -16.6. The van der Waals surface area contributed by atoms with Crippen LogP contribution in [0.1, 0.15) is 73.1 Å². The van der Waals surface area contributed by atoms with Gasteiger partial charge in [0.15, 0.2) is 8.32 Å². The van der Waals surface area contributed by atoms with Crippen molar-refractivity contribution in [1.82, 2.24) is 4.98 Å². The van der Waals surface area contributed by atoms with Crippen LogP contribution in [0.3, 0.4) is 0 Å². The van der Waals surface area contributed by atoms with Gasteiger partial charge in [0.2, 0.25) is 0 Å². The zero-order chi connectivity index (χ0) is 47.0. The summed E-state index contributed by atoms with van der Waals surface area (Å²) in [6.45, 7) is 15.8. The van der Waals surface area contributed by atoms with Crippen molar-refractivity contribution in [2.45, 2.75) is 95.1 Å². The minimum absolute atomic E-state index is 0.0222. The Kier molecular flexibility index (Phi) is 12.1. The molecule has 8 rings (SSSR count). The number of alkyl halides is 12. The van der Waals surface area contributed by atoms with Crippen molar-refractivity contribution < 1.29 is 61.6 Å². The van der Waals surface area contributed by atoms with E-state index in [9.17, 15) is 52.7 Å². The van der Waals surface area contributed by atoms with Crippen LogP contribution in [0.4, 0.5) is 52.7 Å². The Hall–Kier alpha value is -4.67. The molecule has 4 aromatic carbocycles. The predicted molar refractivity (Wildman–Crippen MR) is 224 cm³/mol. The van der Waals surface area contributed by atoms with Crippen LogP contribution < -0.4 is 0 Å². The van der Waals surface area contributed by atoms with Gasteiger partial charge in [0, 0.05) is 35.9 Å². The zero-order valence-corrected chi connectivity index (χ0v) is 36.6. The first-order chi connectivity index (χ1) is 29.5. The number of hydrogen-bond donors (Lipinski definition) is 0. The van der Waals surface area contributed by atoms with E-state index in [0.717, 1.165) is 29.0 Å². The summed E-state index contributed by atoms with van der Waals surface area (Å²) in [5.74, 6) is 0.158. The van der Waals surface area contributed by atoms with Crippen LogP contribution >= 0.6 is 0 Å². The Labute approximate surface area is 364 Å². The number of nitrogens with zero attached hydrogens (tertiary/aromatic N) is 2. The van der Waals surface area contributed by atoms with Crippen LogP contribution in [0.25, 0.3) is 33.2 Å². The molecule has 3 nitrogen and oxygen atoms in total. The van der Waals surface area contributed by atoms with Crippen molar-refractivity contribution in [2.24, 2.45) is 11.8 Å². The summed E-state index contributed by atoms with van der Waals surface area (Å²) in [5, 5.41) is 0.601. The maximum absolute atomic E-state index is 14.2. The molecule has 3 saturated heterocycles. The molecule has 5 aromatic rings. The lowest BCUT2D eigenvalue weighted by Crippen LogP contribution is -2.68. The average molecular weight is 924 g/mol. The van der Waals surface area contributed by atoms with Gasteiger partial charge in [-0.05, 0) is 119 Å². The third-order valence-corrected chi connectivity index (χ3v) is 18.0. The number of benzene rings is 4. The number of hydrogen-bond acceptors (Lipinski definition) is 2. The van der Waals surface area contributed by atoms with E-state index in [1.165, 1.54) is 12.1 Å². The fraction of sp³-hybridized carbons (Fsp3) is 0.396. The molecule has 342 valence electrons. The minimum atomic E-state index is -5.24. The van der Waals surface area contributed by atoms with Crippen molar-refractivity contribution >= 4 is 19.2 Å². The molecule has 0 N–H and O–H groups in total. The Bertz CT molecular complexity index is 2390. The molecule has 0 radical (unpaired) electrons. The Balaban J connectivity index is 1.48. The van der Waals surface area contributed by atoms with Gasteiger partial charge in [0.1, 0.15) is 18.7 Å². The first-order valence-corrected chi connectivity index (χ1v) is 23.6. The molecule has 0 spiro atoms. The molecule has 3 fully saturated rings. The normalized spacial score (nSPS) is 21.6. The fourth-order valence-electron chi connectivity index (χ4n) is 9.30. The van der Waals surface area contributed by atoms with Crippen LogP contribution in [0.5, 0.6) is 0 Å². The van der Waals surface area contributed by atoms with Gasteiger partial charge in [-0.2, -0.15) is 52.7 Å². The summed E-state index contributed by atoms with van der Waals surface area (Å²) < 4.78 is 178. The molecular weight excluding hydrogens is 877 g/mol. The topological polar surface area (TPSA) is 22.1 Å². The molecule has 1 aromatic heterocycles. The molecular formula is C48H47F12N2OSi+. The van der Waals surface area contributed by atoms with Gasteiger partial charge < -0.3 is 8.91 Å². The van der Waals surface area contributed by atoms with E-state index < -0.39 is 72.5 Å². The second-order valence-electron chi connectivity index (χ2n) is 18.8. The number of para-hydroxylation sites is 1. The standard InChI is InChI=1S/C48H47F12N2OSi/c1-7-29-27-62(15-13-30(29)23-42(62)43(63-64(5,6)44(2,3)4)40-12-14-61-41-11-9-8-10-39(40)41)26-28-16-31(33-19-35(45(49,50)51)24-36(20-33)46(52,53)54)18-32(17-28)34-21-37(47(55,56)57)25-38(22-34)48(58,59)60/h7-12,14,16-22,24-25,29-30,42-43H,1,13,15,23,26-27H2,2-6H3/q+1/t29-,30-,42+,43+,62+/m0/s1. The number of rotatable bonds is 9. The van der Waals surface area contributed by atoms with Gasteiger partial charge in [-0.1, -0.05) is 45.0 Å². The maximum atomic E-state index is 14.2. The van der Waals surface area contributed by atoms with Crippen LogP contribution in [0, 0.1) is 11.8 Å². The minimum Gasteiger partial charge on any atom is -0.404 e. The van der Waals surface area contributed by atoms with Crippen LogP contribution in [-0.2, 0) is 35.7 Å². The summed E-state index contributed by atoms with van der Waals surface area (Å²) >= 11 is 0. The molecule has 0 aliphatic carbocycles. The zero-order valence-electron chi connectivity index (χ0n) is 35.6. The van der Waals surface area contributed by atoms with Crippen molar-refractivity contribution in [2.75, 3.05) is 13.1 Å². The van der Waals surface area contributed by atoms with Crippen molar-refractivity contribution in [3.05, 3.63) is 137 Å². The third kappa shape index (κ3) is 9.51. The highest BCUT2D eigenvalue weighted by molar-refractivity contribution is 6.74. The van der Waals surface area contributed by atoms with Gasteiger partial charge in [-0.3, -0.25) is 4.98 Å². The van der Waals surface area contributed by atoms with Crippen LogP contribution in [0.2, 0.25) is 18.1 Å². The number of halogens is 12. The Morgan fingerprint density at radius 3 is 1.66 bits per heavy atom. The lowest BCUT2D eigenvalue weighted by Gasteiger charge is -2.59. The van der Waals surface area contributed by atoms with Gasteiger partial charge in [0.25, 0.3) is 0 Å². The van der Waals surface area contributed by atoms with E-state index in [1.807, 2.05) is 36.4 Å². The summed E-state index contributed by atoms with van der Waals surface area (Å²) in [7, 11) is -2.61. The van der Waals surface area contributed by atoms with E-state index in [2.05, 4.69) is 45.4 Å². The number of aromatic nitrogens is 1. The lowest BCUT2D eigenvalue weighted by molar-refractivity contribution is -0.984.